The molecule has 0 saturated heterocycles. The van der Waals surface area contributed by atoms with Gasteiger partial charge in [0.1, 0.15) is 11.5 Å². The zero-order chi connectivity index (χ0) is 13.2. The van der Waals surface area contributed by atoms with Crippen molar-refractivity contribution in [1.82, 2.24) is 4.98 Å². The predicted octanol–water partition coefficient (Wildman–Crippen LogP) is 2.64. The molecule has 0 bridgehead atoms. The van der Waals surface area contributed by atoms with Crippen molar-refractivity contribution >= 4 is 5.82 Å². The van der Waals surface area contributed by atoms with Gasteiger partial charge in [0.05, 0.1) is 0 Å². The highest BCUT2D eigenvalue weighted by Crippen LogP contribution is 2.28. The monoisotopic (exact) mass is 259 g/mol. The van der Waals surface area contributed by atoms with Gasteiger partial charge in [0.25, 0.3) is 0 Å². The van der Waals surface area contributed by atoms with E-state index >= 15 is 0 Å². The molecule has 2 rings (SSSR count). The minimum absolute atomic E-state index is 0.142. The second kappa shape index (κ2) is 5.14. The Labute approximate surface area is 104 Å². The molecule has 100 valence electrons. The molecule has 6 heteroatoms. The van der Waals surface area contributed by atoms with Crippen molar-refractivity contribution in [3.05, 3.63) is 23.9 Å². The summed E-state index contributed by atoms with van der Waals surface area (Å²) in [6.07, 6.45) is -1.31. The van der Waals surface area contributed by atoms with Crippen LogP contribution in [-0.4, -0.2) is 17.6 Å². The van der Waals surface area contributed by atoms with Crippen LogP contribution in [0.15, 0.2) is 18.2 Å². The number of anilines is 1. The summed E-state index contributed by atoms with van der Waals surface area (Å²) in [5.74, 6) is 0.574. The maximum absolute atomic E-state index is 12.5. The predicted molar refractivity (Wildman–Crippen MR) is 63.0 cm³/mol. The minimum atomic E-state index is -4.40. The minimum Gasteiger partial charge on any atom is -0.370 e. The molecule has 0 radical (unpaired) electrons. The molecule has 1 aromatic rings. The van der Waals surface area contributed by atoms with E-state index in [1.54, 1.807) is 0 Å². The van der Waals surface area contributed by atoms with Crippen LogP contribution in [0.3, 0.4) is 0 Å². The lowest BCUT2D eigenvalue weighted by Crippen LogP contribution is -2.29. The van der Waals surface area contributed by atoms with Crippen molar-refractivity contribution in [2.45, 2.75) is 31.5 Å². The summed E-state index contributed by atoms with van der Waals surface area (Å²) in [5.41, 5.74) is 5.03. The van der Waals surface area contributed by atoms with Crippen LogP contribution < -0.4 is 11.1 Å². The third-order valence-corrected chi connectivity index (χ3v) is 3.30. The third kappa shape index (κ3) is 3.13. The fourth-order valence-corrected chi connectivity index (χ4v) is 2.25. The third-order valence-electron chi connectivity index (χ3n) is 3.30. The maximum Gasteiger partial charge on any atom is 0.433 e. The van der Waals surface area contributed by atoms with Gasteiger partial charge in [-0.2, -0.15) is 13.2 Å². The zero-order valence-electron chi connectivity index (χ0n) is 9.87. The Balaban J connectivity index is 1.97. The number of nitrogens with one attached hydrogen (secondary N) is 1. The van der Waals surface area contributed by atoms with E-state index in [9.17, 15) is 13.2 Å². The van der Waals surface area contributed by atoms with Crippen molar-refractivity contribution in [2.75, 3.05) is 11.9 Å². The normalized spacial score (nSPS) is 24.2. The van der Waals surface area contributed by atoms with Gasteiger partial charge in [0.2, 0.25) is 0 Å². The Hall–Kier alpha value is -1.30. The second-order valence-electron chi connectivity index (χ2n) is 4.64. The van der Waals surface area contributed by atoms with Crippen molar-refractivity contribution in [3.8, 4) is 0 Å². The Morgan fingerprint density at radius 2 is 2.11 bits per heavy atom. The van der Waals surface area contributed by atoms with E-state index in [-0.39, 0.29) is 11.9 Å². The number of rotatable bonds is 3. The molecule has 1 saturated carbocycles. The molecule has 1 aliphatic rings. The fraction of sp³-hybridized carbons (Fsp3) is 0.583. The molecule has 1 fully saturated rings. The summed E-state index contributed by atoms with van der Waals surface area (Å²) in [4.78, 5) is 3.55. The second-order valence-corrected chi connectivity index (χ2v) is 4.64. The summed E-state index contributed by atoms with van der Waals surface area (Å²) in [6.45, 7) is 0.579. The fourth-order valence-electron chi connectivity index (χ4n) is 2.25. The lowest BCUT2D eigenvalue weighted by molar-refractivity contribution is -0.141. The smallest absolute Gasteiger partial charge is 0.370 e. The molecular weight excluding hydrogens is 243 g/mol. The highest BCUT2D eigenvalue weighted by atomic mass is 19.4. The van der Waals surface area contributed by atoms with Crippen LogP contribution in [0, 0.1) is 5.92 Å². The van der Waals surface area contributed by atoms with Gasteiger partial charge in [0, 0.05) is 12.6 Å². The Bertz CT molecular complexity index is 406. The first-order chi connectivity index (χ1) is 8.47. The van der Waals surface area contributed by atoms with E-state index in [1.807, 2.05) is 0 Å². The number of alkyl halides is 3. The molecule has 2 unspecified atom stereocenters. The van der Waals surface area contributed by atoms with Crippen molar-refractivity contribution in [2.24, 2.45) is 11.7 Å². The van der Waals surface area contributed by atoms with Crippen LogP contribution in [0.2, 0.25) is 0 Å². The van der Waals surface area contributed by atoms with Crippen LogP contribution in [0.5, 0.6) is 0 Å². The van der Waals surface area contributed by atoms with Crippen LogP contribution in [0.4, 0.5) is 19.0 Å². The number of aromatic nitrogens is 1. The van der Waals surface area contributed by atoms with E-state index in [0.717, 1.165) is 25.3 Å². The van der Waals surface area contributed by atoms with E-state index < -0.39 is 11.9 Å². The molecule has 1 aromatic heterocycles. The van der Waals surface area contributed by atoms with E-state index in [0.29, 0.717) is 12.5 Å². The Morgan fingerprint density at radius 1 is 1.33 bits per heavy atom. The molecule has 0 aromatic carbocycles. The SMILES string of the molecule is NC1CCCC1CNc1cccc(C(F)(F)F)n1. The largest absolute Gasteiger partial charge is 0.433 e. The van der Waals surface area contributed by atoms with E-state index in [4.69, 9.17) is 5.73 Å². The zero-order valence-corrected chi connectivity index (χ0v) is 9.87. The van der Waals surface area contributed by atoms with Gasteiger partial charge in [-0.25, -0.2) is 4.98 Å². The maximum atomic E-state index is 12.5. The first kappa shape index (κ1) is 13.1. The molecule has 1 aliphatic carbocycles. The molecule has 2 atom stereocenters. The van der Waals surface area contributed by atoms with Crippen LogP contribution >= 0.6 is 0 Å². The first-order valence-corrected chi connectivity index (χ1v) is 6.00. The lowest BCUT2D eigenvalue weighted by Gasteiger charge is -2.16. The van der Waals surface area contributed by atoms with Gasteiger partial charge in [-0.05, 0) is 30.9 Å². The lowest BCUT2D eigenvalue weighted by atomic mass is 10.1. The van der Waals surface area contributed by atoms with E-state index in [2.05, 4.69) is 10.3 Å². The average Bonchev–Trinajstić information content (AvgIpc) is 2.72. The van der Waals surface area contributed by atoms with Gasteiger partial charge >= 0.3 is 6.18 Å². The summed E-state index contributed by atoms with van der Waals surface area (Å²) < 4.78 is 37.4. The summed E-state index contributed by atoms with van der Waals surface area (Å²) in [6, 6.07) is 4.00. The first-order valence-electron chi connectivity index (χ1n) is 6.00. The molecule has 18 heavy (non-hydrogen) atoms. The topological polar surface area (TPSA) is 50.9 Å². The molecule has 0 amide bonds. The van der Waals surface area contributed by atoms with Crippen molar-refractivity contribution < 1.29 is 13.2 Å². The van der Waals surface area contributed by atoms with Gasteiger partial charge < -0.3 is 11.1 Å². The summed E-state index contributed by atoms with van der Waals surface area (Å²) in [7, 11) is 0. The van der Waals surface area contributed by atoms with Gasteiger partial charge in [-0.15, -0.1) is 0 Å². The van der Waals surface area contributed by atoms with Crippen LogP contribution in [-0.2, 0) is 6.18 Å². The Kier molecular flexibility index (Phi) is 3.75. The average molecular weight is 259 g/mol. The molecule has 0 aliphatic heterocycles. The number of nitrogens with zero attached hydrogens (tertiary/aromatic N) is 1. The quantitative estimate of drug-likeness (QED) is 0.877. The number of nitrogens with two attached hydrogens (primary N) is 1. The molecule has 1 heterocycles. The van der Waals surface area contributed by atoms with Gasteiger partial charge in [-0.1, -0.05) is 12.5 Å². The standard InChI is InChI=1S/C12H16F3N3/c13-12(14,15)10-5-2-6-11(18-10)17-7-8-3-1-4-9(8)16/h2,5-6,8-9H,1,3-4,7,16H2,(H,17,18). The number of hydrogen-bond acceptors (Lipinski definition) is 3. The van der Waals surface area contributed by atoms with Crippen molar-refractivity contribution in [1.29, 1.82) is 0 Å². The van der Waals surface area contributed by atoms with Gasteiger partial charge in [0.15, 0.2) is 0 Å². The molecule has 3 N–H and O–H groups in total. The van der Waals surface area contributed by atoms with E-state index in [1.165, 1.54) is 12.1 Å². The molecule has 0 spiro atoms. The summed E-state index contributed by atoms with van der Waals surface area (Å²) in [5, 5.41) is 2.94. The van der Waals surface area contributed by atoms with Gasteiger partial charge in [-0.3, -0.25) is 0 Å². The number of halogens is 3. The highest BCUT2D eigenvalue weighted by Gasteiger charge is 2.32. The van der Waals surface area contributed by atoms with Crippen LogP contribution in [0.25, 0.3) is 0 Å². The summed E-state index contributed by atoms with van der Waals surface area (Å²) >= 11 is 0. The molecular formula is C12H16F3N3. The Morgan fingerprint density at radius 3 is 2.72 bits per heavy atom. The molecule has 3 nitrogen and oxygen atoms in total. The highest BCUT2D eigenvalue weighted by molar-refractivity contribution is 5.36. The number of hydrogen-bond donors (Lipinski definition) is 2. The van der Waals surface area contributed by atoms with Crippen LogP contribution in [0.1, 0.15) is 25.0 Å². The number of pyridine rings is 1. The van der Waals surface area contributed by atoms with Crippen molar-refractivity contribution in [3.63, 3.8) is 0 Å².